The second kappa shape index (κ2) is 5.55. The third-order valence-electron chi connectivity index (χ3n) is 3.62. The third kappa shape index (κ3) is 2.74. The van der Waals surface area contributed by atoms with Crippen molar-refractivity contribution in [2.75, 3.05) is 11.9 Å². The van der Waals surface area contributed by atoms with E-state index < -0.39 is 5.82 Å². The molecule has 110 valence electrons. The third-order valence-corrected chi connectivity index (χ3v) is 3.62. The average molecular weight is 289 g/mol. The maximum atomic E-state index is 13.6. The molecule has 1 aliphatic heterocycles. The fourth-order valence-electron chi connectivity index (χ4n) is 2.61. The first kappa shape index (κ1) is 13.6. The van der Waals surface area contributed by atoms with Gasteiger partial charge < -0.3 is 14.7 Å². The van der Waals surface area contributed by atoms with Crippen molar-refractivity contribution in [3.8, 4) is 0 Å². The highest BCUT2D eigenvalue weighted by atomic mass is 19.1. The van der Waals surface area contributed by atoms with Gasteiger partial charge in [-0.3, -0.25) is 0 Å². The molecule has 21 heavy (non-hydrogen) atoms. The zero-order chi connectivity index (χ0) is 14.8. The van der Waals surface area contributed by atoms with Crippen LogP contribution in [0.15, 0.2) is 34.9 Å². The lowest BCUT2D eigenvalue weighted by molar-refractivity contribution is 0.204. The van der Waals surface area contributed by atoms with Gasteiger partial charge in [0.15, 0.2) is 0 Å². The minimum Gasteiger partial charge on any atom is -0.361 e. The van der Waals surface area contributed by atoms with Crippen LogP contribution in [0.1, 0.15) is 30.3 Å². The Hall–Kier alpha value is -2.37. The predicted molar refractivity (Wildman–Crippen MR) is 75.3 cm³/mol. The summed E-state index contributed by atoms with van der Waals surface area (Å²) in [5, 5.41) is 6.60. The second-order valence-electron chi connectivity index (χ2n) is 5.12. The molecule has 5 nitrogen and oxygen atoms in total. The summed E-state index contributed by atoms with van der Waals surface area (Å²) in [5.74, 6) is 0.269. The van der Waals surface area contributed by atoms with Gasteiger partial charge in [0.1, 0.15) is 17.3 Å². The summed E-state index contributed by atoms with van der Waals surface area (Å²) < 4.78 is 18.7. The Labute approximate surface area is 121 Å². The average Bonchev–Trinajstić information content (AvgIpc) is 3.09. The van der Waals surface area contributed by atoms with Crippen molar-refractivity contribution < 1.29 is 13.7 Å². The number of urea groups is 1. The van der Waals surface area contributed by atoms with E-state index in [0.717, 1.165) is 18.5 Å². The summed E-state index contributed by atoms with van der Waals surface area (Å²) in [7, 11) is 0. The molecule has 0 unspecified atom stereocenters. The van der Waals surface area contributed by atoms with Gasteiger partial charge in [-0.15, -0.1) is 0 Å². The molecule has 1 N–H and O–H groups in total. The van der Waals surface area contributed by atoms with Crippen molar-refractivity contribution in [2.45, 2.75) is 25.8 Å². The molecule has 1 aromatic heterocycles. The molecule has 1 saturated heterocycles. The number of rotatable bonds is 2. The number of likely N-dealkylation sites (tertiary alicyclic amines) is 1. The Balaban J connectivity index is 1.76. The summed E-state index contributed by atoms with van der Waals surface area (Å²) in [5.41, 5.74) is 0.929. The highest BCUT2D eigenvalue weighted by Crippen LogP contribution is 2.32. The molecule has 2 aromatic rings. The molecule has 0 radical (unpaired) electrons. The Morgan fingerprint density at radius 1 is 1.48 bits per heavy atom. The van der Waals surface area contributed by atoms with Gasteiger partial charge in [-0.2, -0.15) is 0 Å². The van der Waals surface area contributed by atoms with Crippen LogP contribution >= 0.6 is 0 Å². The number of nitrogens with one attached hydrogen (secondary N) is 1. The molecule has 6 heteroatoms. The van der Waals surface area contributed by atoms with Gasteiger partial charge >= 0.3 is 6.03 Å². The van der Waals surface area contributed by atoms with Crippen LogP contribution in [0.4, 0.5) is 14.9 Å². The van der Waals surface area contributed by atoms with E-state index in [2.05, 4.69) is 10.5 Å². The van der Waals surface area contributed by atoms with E-state index in [4.69, 9.17) is 4.52 Å². The van der Waals surface area contributed by atoms with Crippen LogP contribution in [0.3, 0.4) is 0 Å². The van der Waals surface area contributed by atoms with Gasteiger partial charge in [-0.1, -0.05) is 17.3 Å². The predicted octanol–water partition coefficient (Wildman–Crippen LogP) is 3.49. The molecule has 0 spiro atoms. The van der Waals surface area contributed by atoms with E-state index in [1.165, 1.54) is 6.07 Å². The number of nitrogens with zero attached hydrogens (tertiary/aromatic N) is 2. The molecular formula is C15H16FN3O2. The molecule has 2 heterocycles. The molecular weight excluding hydrogens is 273 g/mol. The van der Waals surface area contributed by atoms with E-state index in [-0.39, 0.29) is 17.8 Å². The number of carbonyl (C=O) groups is 1. The second-order valence-corrected chi connectivity index (χ2v) is 5.12. The number of para-hydroxylation sites is 1. The van der Waals surface area contributed by atoms with Gasteiger partial charge in [0, 0.05) is 12.6 Å². The summed E-state index contributed by atoms with van der Waals surface area (Å²) in [6.45, 7) is 2.44. The lowest BCUT2D eigenvalue weighted by Crippen LogP contribution is -2.34. The number of halogens is 1. The number of aromatic nitrogens is 1. The lowest BCUT2D eigenvalue weighted by atomic mass is 10.1. The monoisotopic (exact) mass is 289 g/mol. The largest absolute Gasteiger partial charge is 0.361 e. The summed E-state index contributed by atoms with van der Waals surface area (Å²) >= 11 is 0. The SMILES string of the molecule is Cc1cc([C@@H]2CCCN2C(=O)Nc2ccccc2F)no1. The fourth-order valence-corrected chi connectivity index (χ4v) is 2.61. The molecule has 0 aliphatic carbocycles. The standard InChI is InChI=1S/C15H16FN3O2/c1-10-9-13(18-21-10)14-7-4-8-19(14)15(20)17-12-6-3-2-5-11(12)16/h2-3,5-6,9,14H,4,7-8H2,1H3,(H,17,20)/t14-/m0/s1. The normalized spacial score (nSPS) is 18.0. The van der Waals surface area contributed by atoms with Gasteiger partial charge in [-0.25, -0.2) is 9.18 Å². The number of hydrogen-bond donors (Lipinski definition) is 1. The molecule has 3 rings (SSSR count). The van der Waals surface area contributed by atoms with Crippen molar-refractivity contribution in [3.63, 3.8) is 0 Å². The summed E-state index contributed by atoms with van der Waals surface area (Å²) in [4.78, 5) is 14.0. The molecule has 1 atom stereocenters. The summed E-state index contributed by atoms with van der Waals surface area (Å²) in [6.07, 6.45) is 1.72. The Morgan fingerprint density at radius 2 is 2.29 bits per heavy atom. The molecule has 0 saturated carbocycles. The molecule has 1 aromatic carbocycles. The first-order valence-corrected chi connectivity index (χ1v) is 6.90. The van der Waals surface area contributed by atoms with E-state index >= 15 is 0 Å². The maximum absolute atomic E-state index is 13.6. The van der Waals surface area contributed by atoms with Crippen LogP contribution in [0.2, 0.25) is 0 Å². The van der Waals surface area contributed by atoms with Crippen molar-refractivity contribution in [2.24, 2.45) is 0 Å². The van der Waals surface area contributed by atoms with Crippen LogP contribution in [-0.2, 0) is 0 Å². The van der Waals surface area contributed by atoms with Crippen LogP contribution in [0.25, 0.3) is 0 Å². The highest BCUT2D eigenvalue weighted by Gasteiger charge is 2.32. The number of benzene rings is 1. The van der Waals surface area contributed by atoms with Gasteiger partial charge in [0.2, 0.25) is 0 Å². The number of hydrogen-bond acceptors (Lipinski definition) is 3. The first-order valence-electron chi connectivity index (χ1n) is 6.90. The molecule has 2 amide bonds. The van der Waals surface area contributed by atoms with E-state index in [1.807, 2.05) is 13.0 Å². The van der Waals surface area contributed by atoms with Gasteiger partial charge in [0.25, 0.3) is 0 Å². The molecule has 1 aliphatic rings. The van der Waals surface area contributed by atoms with Crippen molar-refractivity contribution in [1.29, 1.82) is 0 Å². The van der Waals surface area contributed by atoms with Gasteiger partial charge in [0.05, 0.1) is 11.7 Å². The Bertz CT molecular complexity index is 656. The van der Waals surface area contributed by atoms with Gasteiger partial charge in [-0.05, 0) is 31.9 Å². The van der Waals surface area contributed by atoms with Crippen LogP contribution < -0.4 is 5.32 Å². The lowest BCUT2D eigenvalue weighted by Gasteiger charge is -2.23. The van der Waals surface area contributed by atoms with Crippen molar-refractivity contribution in [3.05, 3.63) is 47.6 Å². The topological polar surface area (TPSA) is 58.4 Å². The number of anilines is 1. The van der Waals surface area contributed by atoms with Crippen LogP contribution in [0.5, 0.6) is 0 Å². The first-order chi connectivity index (χ1) is 10.1. The van der Waals surface area contributed by atoms with Crippen molar-refractivity contribution >= 4 is 11.7 Å². The van der Waals surface area contributed by atoms with Crippen LogP contribution in [0, 0.1) is 12.7 Å². The van der Waals surface area contributed by atoms with E-state index in [0.29, 0.717) is 12.3 Å². The number of amides is 2. The number of carbonyl (C=O) groups excluding carboxylic acids is 1. The van der Waals surface area contributed by atoms with Crippen LogP contribution in [-0.4, -0.2) is 22.6 Å². The summed E-state index contributed by atoms with van der Waals surface area (Å²) in [6, 6.07) is 7.52. The number of aryl methyl sites for hydroxylation is 1. The minimum atomic E-state index is -0.445. The smallest absolute Gasteiger partial charge is 0.322 e. The zero-order valence-corrected chi connectivity index (χ0v) is 11.7. The fraction of sp³-hybridized carbons (Fsp3) is 0.333. The zero-order valence-electron chi connectivity index (χ0n) is 11.7. The Kier molecular flexibility index (Phi) is 3.60. The molecule has 1 fully saturated rings. The maximum Gasteiger partial charge on any atom is 0.322 e. The molecule has 0 bridgehead atoms. The van der Waals surface area contributed by atoms with Crippen molar-refractivity contribution in [1.82, 2.24) is 10.1 Å². The quantitative estimate of drug-likeness (QED) is 0.920. The Morgan fingerprint density at radius 3 is 3.00 bits per heavy atom. The highest BCUT2D eigenvalue weighted by molar-refractivity contribution is 5.89. The van der Waals surface area contributed by atoms with E-state index in [9.17, 15) is 9.18 Å². The minimum absolute atomic E-state index is 0.116. The van der Waals surface area contributed by atoms with E-state index in [1.54, 1.807) is 23.1 Å².